The zero-order valence-corrected chi connectivity index (χ0v) is 18.4. The third-order valence-corrected chi connectivity index (χ3v) is 5.99. The second kappa shape index (κ2) is 10.5. The van der Waals surface area contributed by atoms with E-state index in [0.717, 1.165) is 23.2 Å². The molecule has 1 aliphatic rings. The number of halogens is 1. The monoisotopic (exact) mass is 432 g/mol. The van der Waals surface area contributed by atoms with Crippen LogP contribution in [-0.2, 0) is 22.6 Å². The van der Waals surface area contributed by atoms with E-state index in [9.17, 15) is 9.18 Å². The summed E-state index contributed by atoms with van der Waals surface area (Å²) in [7, 11) is 1.48. The Labute approximate surface area is 189 Å². The van der Waals surface area contributed by atoms with Gasteiger partial charge < -0.3 is 10.1 Å². The molecule has 4 rings (SSSR count). The van der Waals surface area contributed by atoms with Gasteiger partial charge in [0.25, 0.3) is 5.91 Å². The molecule has 166 valence electrons. The molecule has 5 heteroatoms. The normalized spacial score (nSPS) is 14.9. The van der Waals surface area contributed by atoms with Crippen molar-refractivity contribution >= 4 is 5.91 Å². The number of ether oxygens (including phenoxy) is 1. The molecular formula is C27H29FN2O2. The van der Waals surface area contributed by atoms with Gasteiger partial charge in [-0.15, -0.1) is 0 Å². The van der Waals surface area contributed by atoms with Crippen LogP contribution in [0, 0.1) is 5.82 Å². The van der Waals surface area contributed by atoms with Crippen molar-refractivity contribution in [1.82, 2.24) is 10.2 Å². The Kier molecular flexibility index (Phi) is 7.30. The number of carbonyl (C=O) groups excluding carboxylic acids is 1. The Morgan fingerprint density at radius 3 is 2.38 bits per heavy atom. The first-order valence-electron chi connectivity index (χ1n) is 11.1. The standard InChI is InChI=1S/C27H29FN2O2/c1-32-26(22-12-14-24(28)15-13-22)27(31)29-18-23-6-2-3-7-25(23)21-10-8-20(9-11-21)19-30-16-4-5-17-30/h2-3,6-15,26H,4-5,16-19H2,1H3,(H,29,31). The average Bonchev–Trinajstić information content (AvgIpc) is 3.33. The number of benzene rings is 3. The third kappa shape index (κ3) is 5.42. The maximum atomic E-state index is 13.2. The molecule has 1 N–H and O–H groups in total. The van der Waals surface area contributed by atoms with Gasteiger partial charge in [-0.2, -0.15) is 0 Å². The molecule has 1 heterocycles. The lowest BCUT2D eigenvalue weighted by molar-refractivity contribution is -0.131. The Hall–Kier alpha value is -3.02. The van der Waals surface area contributed by atoms with Crippen molar-refractivity contribution in [2.45, 2.75) is 32.0 Å². The van der Waals surface area contributed by atoms with E-state index in [0.29, 0.717) is 12.1 Å². The second-order valence-corrected chi connectivity index (χ2v) is 8.22. The summed E-state index contributed by atoms with van der Waals surface area (Å²) in [5, 5.41) is 2.97. The van der Waals surface area contributed by atoms with E-state index in [1.165, 1.54) is 50.7 Å². The molecule has 0 aliphatic carbocycles. The highest BCUT2D eigenvalue weighted by Crippen LogP contribution is 2.25. The van der Waals surface area contributed by atoms with Crippen LogP contribution in [0.5, 0.6) is 0 Å². The summed E-state index contributed by atoms with van der Waals surface area (Å²) in [4.78, 5) is 15.2. The highest BCUT2D eigenvalue weighted by atomic mass is 19.1. The van der Waals surface area contributed by atoms with Crippen LogP contribution in [0.3, 0.4) is 0 Å². The van der Waals surface area contributed by atoms with Crippen LogP contribution in [0.4, 0.5) is 4.39 Å². The van der Waals surface area contributed by atoms with E-state index >= 15 is 0 Å². The van der Waals surface area contributed by atoms with Gasteiger partial charge in [0.15, 0.2) is 6.10 Å². The van der Waals surface area contributed by atoms with Crippen LogP contribution in [-0.4, -0.2) is 31.0 Å². The number of nitrogens with one attached hydrogen (secondary N) is 1. The first-order valence-corrected chi connectivity index (χ1v) is 11.1. The summed E-state index contributed by atoms with van der Waals surface area (Å²) in [6, 6.07) is 22.6. The minimum Gasteiger partial charge on any atom is -0.367 e. The van der Waals surface area contributed by atoms with Gasteiger partial charge in [-0.05, 0) is 65.9 Å². The topological polar surface area (TPSA) is 41.6 Å². The number of methoxy groups -OCH3 is 1. The van der Waals surface area contributed by atoms with Gasteiger partial charge in [0, 0.05) is 20.2 Å². The van der Waals surface area contributed by atoms with Crippen LogP contribution in [0.15, 0.2) is 72.8 Å². The Morgan fingerprint density at radius 2 is 1.69 bits per heavy atom. The fraction of sp³-hybridized carbons (Fsp3) is 0.296. The van der Waals surface area contributed by atoms with Crippen molar-refractivity contribution in [3.8, 4) is 11.1 Å². The summed E-state index contributed by atoms with van der Waals surface area (Å²) in [5.74, 6) is -0.598. The van der Waals surface area contributed by atoms with Crippen molar-refractivity contribution in [2.24, 2.45) is 0 Å². The molecule has 3 aromatic rings. The quantitative estimate of drug-likeness (QED) is 0.539. The minimum atomic E-state index is -0.785. The molecule has 4 nitrogen and oxygen atoms in total. The highest BCUT2D eigenvalue weighted by molar-refractivity contribution is 5.82. The van der Waals surface area contributed by atoms with Crippen LogP contribution in [0.2, 0.25) is 0 Å². The van der Waals surface area contributed by atoms with Crippen LogP contribution < -0.4 is 5.32 Å². The number of carbonyl (C=O) groups is 1. The molecule has 32 heavy (non-hydrogen) atoms. The molecule has 0 radical (unpaired) electrons. The van der Waals surface area contributed by atoms with Gasteiger partial charge in [-0.1, -0.05) is 60.7 Å². The minimum absolute atomic E-state index is 0.255. The van der Waals surface area contributed by atoms with Gasteiger partial charge in [0.05, 0.1) is 0 Å². The number of rotatable bonds is 8. The molecule has 1 amide bonds. The van der Waals surface area contributed by atoms with Crippen molar-refractivity contribution in [2.75, 3.05) is 20.2 Å². The lowest BCUT2D eigenvalue weighted by Gasteiger charge is -2.17. The van der Waals surface area contributed by atoms with Gasteiger partial charge in [0.2, 0.25) is 0 Å². The smallest absolute Gasteiger partial charge is 0.254 e. The molecule has 0 aromatic heterocycles. The van der Waals surface area contributed by atoms with Crippen LogP contribution in [0.1, 0.15) is 35.6 Å². The van der Waals surface area contributed by atoms with E-state index in [4.69, 9.17) is 4.74 Å². The average molecular weight is 433 g/mol. The first kappa shape index (κ1) is 22.2. The molecule has 1 unspecified atom stereocenters. The fourth-order valence-electron chi connectivity index (χ4n) is 4.25. The number of hydrogen-bond donors (Lipinski definition) is 1. The van der Waals surface area contributed by atoms with Crippen molar-refractivity contribution in [3.63, 3.8) is 0 Å². The molecule has 1 aliphatic heterocycles. The Balaban J connectivity index is 1.44. The molecule has 1 fully saturated rings. The maximum Gasteiger partial charge on any atom is 0.254 e. The molecule has 0 bridgehead atoms. The molecule has 0 spiro atoms. The first-order chi connectivity index (χ1) is 15.6. The van der Waals surface area contributed by atoms with Crippen LogP contribution >= 0.6 is 0 Å². The van der Waals surface area contributed by atoms with Crippen LogP contribution in [0.25, 0.3) is 11.1 Å². The SMILES string of the molecule is COC(C(=O)NCc1ccccc1-c1ccc(CN2CCCC2)cc1)c1ccc(F)cc1. The van der Waals surface area contributed by atoms with Crippen molar-refractivity contribution in [1.29, 1.82) is 0 Å². The Bertz CT molecular complexity index is 1030. The van der Waals surface area contributed by atoms with Crippen molar-refractivity contribution in [3.05, 3.63) is 95.3 Å². The molecule has 0 saturated carbocycles. The van der Waals surface area contributed by atoms with E-state index in [2.05, 4.69) is 40.5 Å². The number of nitrogens with zero attached hydrogens (tertiary/aromatic N) is 1. The summed E-state index contributed by atoms with van der Waals surface area (Å²) in [5.41, 5.74) is 5.19. The largest absolute Gasteiger partial charge is 0.367 e. The number of hydrogen-bond acceptors (Lipinski definition) is 3. The molecule has 1 saturated heterocycles. The fourth-order valence-corrected chi connectivity index (χ4v) is 4.25. The Morgan fingerprint density at radius 1 is 1.00 bits per heavy atom. The number of likely N-dealkylation sites (tertiary alicyclic amines) is 1. The summed E-state index contributed by atoms with van der Waals surface area (Å²) < 4.78 is 18.6. The summed E-state index contributed by atoms with van der Waals surface area (Å²) >= 11 is 0. The second-order valence-electron chi connectivity index (χ2n) is 8.22. The van der Waals surface area contributed by atoms with E-state index in [-0.39, 0.29) is 11.7 Å². The summed E-state index contributed by atoms with van der Waals surface area (Å²) in [6.45, 7) is 3.75. The predicted octanol–water partition coefficient (Wildman–Crippen LogP) is 5.09. The molecule has 3 aromatic carbocycles. The van der Waals surface area contributed by atoms with Gasteiger partial charge >= 0.3 is 0 Å². The predicted molar refractivity (Wildman–Crippen MR) is 124 cm³/mol. The van der Waals surface area contributed by atoms with Gasteiger partial charge in [0.1, 0.15) is 5.82 Å². The highest BCUT2D eigenvalue weighted by Gasteiger charge is 2.20. The maximum absolute atomic E-state index is 13.2. The number of amides is 1. The van der Waals surface area contributed by atoms with E-state index in [1.54, 1.807) is 12.1 Å². The van der Waals surface area contributed by atoms with Gasteiger partial charge in [-0.3, -0.25) is 9.69 Å². The lowest BCUT2D eigenvalue weighted by atomic mass is 9.98. The third-order valence-electron chi connectivity index (χ3n) is 5.99. The van der Waals surface area contributed by atoms with E-state index in [1.807, 2.05) is 18.2 Å². The lowest BCUT2D eigenvalue weighted by Crippen LogP contribution is -2.30. The van der Waals surface area contributed by atoms with Crippen molar-refractivity contribution < 1.29 is 13.9 Å². The zero-order valence-electron chi connectivity index (χ0n) is 18.4. The molecule has 1 atom stereocenters. The van der Waals surface area contributed by atoms with Gasteiger partial charge in [-0.25, -0.2) is 4.39 Å². The molecular weight excluding hydrogens is 403 g/mol. The van der Waals surface area contributed by atoms with E-state index < -0.39 is 6.10 Å². The summed E-state index contributed by atoms with van der Waals surface area (Å²) in [6.07, 6.45) is 1.80. The zero-order chi connectivity index (χ0) is 22.3.